The zero-order chi connectivity index (χ0) is 4.28. The molecule has 0 aromatic heterocycles. The van der Waals surface area contributed by atoms with Gasteiger partial charge in [-0.25, -0.2) is 0 Å². The monoisotopic (exact) mass is 92.0 g/mol. The molecule has 0 bridgehead atoms. The number of rotatable bonds is 1. The van der Waals surface area contributed by atoms with Crippen LogP contribution in [0.1, 0.15) is 13.8 Å². The molecule has 32 valence electrons. The summed E-state index contributed by atoms with van der Waals surface area (Å²) < 4.78 is 9.71. The van der Waals surface area contributed by atoms with Gasteiger partial charge >= 0.3 is 0 Å². The smallest absolute Gasteiger partial charge is 0.0669 e. The van der Waals surface area contributed by atoms with E-state index < -0.39 is 8.46 Å². The summed E-state index contributed by atoms with van der Waals surface area (Å²) in [4.78, 5) is 0. The zero-order valence-corrected chi connectivity index (χ0v) is 4.72. The fraction of sp³-hybridized carbons (Fsp3) is 1.00. The van der Waals surface area contributed by atoms with Gasteiger partial charge < -0.3 is 4.57 Å². The molecule has 0 spiro atoms. The van der Waals surface area contributed by atoms with Crippen LogP contribution in [0.5, 0.6) is 0 Å². The van der Waals surface area contributed by atoms with Gasteiger partial charge in [0.05, 0.1) is 8.46 Å². The summed E-state index contributed by atoms with van der Waals surface area (Å²) in [5.41, 5.74) is 0.412. The minimum absolute atomic E-state index is 0.412. The fourth-order valence-electron chi connectivity index (χ4n) is 0. The Morgan fingerprint density at radius 3 is 1.80 bits per heavy atom. The summed E-state index contributed by atoms with van der Waals surface area (Å²) in [6, 6.07) is 0. The third-order valence-electron chi connectivity index (χ3n) is 0.272. The molecule has 1 atom stereocenters. The summed E-state index contributed by atoms with van der Waals surface area (Å²) >= 11 is 0. The molecule has 0 saturated carbocycles. The van der Waals surface area contributed by atoms with Crippen molar-refractivity contribution in [3.63, 3.8) is 0 Å². The molecule has 0 rings (SSSR count). The van der Waals surface area contributed by atoms with Crippen molar-refractivity contribution in [1.82, 2.24) is 0 Å². The van der Waals surface area contributed by atoms with Gasteiger partial charge in [-0.3, -0.25) is 0 Å². The van der Waals surface area contributed by atoms with Crippen LogP contribution in [0.15, 0.2) is 0 Å². The van der Waals surface area contributed by atoms with Crippen LogP contribution in [0.2, 0.25) is 0 Å². The molecule has 1 nitrogen and oxygen atoms in total. The van der Waals surface area contributed by atoms with Crippen LogP contribution in [0.4, 0.5) is 0 Å². The van der Waals surface area contributed by atoms with E-state index in [0.29, 0.717) is 5.66 Å². The minimum Gasteiger partial charge on any atom is -0.330 e. The van der Waals surface area contributed by atoms with Crippen LogP contribution < -0.4 is 0 Å². The second kappa shape index (κ2) is 2.47. The lowest BCUT2D eigenvalue weighted by molar-refractivity contribution is 0.594. The molecule has 0 fully saturated rings. The molecule has 0 aromatic carbocycles. The molecule has 1 unspecified atom stereocenters. The Kier molecular flexibility index (Phi) is 2.58. The van der Waals surface area contributed by atoms with Crippen molar-refractivity contribution in [3.05, 3.63) is 0 Å². The lowest BCUT2D eigenvalue weighted by Gasteiger charge is -1.80. The van der Waals surface area contributed by atoms with Crippen LogP contribution in [0, 0.1) is 0 Å². The normalized spacial score (nSPS) is 11.8. The fourth-order valence-corrected chi connectivity index (χ4v) is 0. The zero-order valence-electron chi connectivity index (χ0n) is 3.56. The molecular formula is C3H9OP. The molecule has 0 aliphatic heterocycles. The predicted octanol–water partition coefficient (Wildman–Crippen LogP) is 1.15. The van der Waals surface area contributed by atoms with E-state index in [2.05, 4.69) is 0 Å². The van der Waals surface area contributed by atoms with Crippen molar-refractivity contribution < 1.29 is 4.57 Å². The summed E-state index contributed by atoms with van der Waals surface area (Å²) in [5.74, 6) is 0. The van der Waals surface area contributed by atoms with E-state index >= 15 is 0 Å². The van der Waals surface area contributed by atoms with Crippen LogP contribution in [-0.4, -0.2) is 5.66 Å². The maximum absolute atomic E-state index is 9.71. The quantitative estimate of drug-likeness (QED) is 0.443. The highest BCUT2D eigenvalue weighted by Crippen LogP contribution is 1.99. The van der Waals surface area contributed by atoms with Gasteiger partial charge in [0.2, 0.25) is 0 Å². The van der Waals surface area contributed by atoms with E-state index in [9.17, 15) is 4.57 Å². The van der Waals surface area contributed by atoms with Crippen LogP contribution in [-0.2, 0) is 4.57 Å². The second-order valence-electron chi connectivity index (χ2n) is 1.38. The highest BCUT2D eigenvalue weighted by atomic mass is 31.1. The van der Waals surface area contributed by atoms with Gasteiger partial charge in [0.1, 0.15) is 0 Å². The molecule has 0 aromatic rings. The van der Waals surface area contributed by atoms with Gasteiger partial charge in [-0.15, -0.1) is 0 Å². The van der Waals surface area contributed by atoms with E-state index in [1.807, 2.05) is 13.8 Å². The van der Waals surface area contributed by atoms with Crippen molar-refractivity contribution in [3.8, 4) is 0 Å². The average molecular weight is 92.1 g/mol. The SMILES string of the molecule is CC(C)[PH2]=O. The lowest BCUT2D eigenvalue weighted by atomic mass is 10.6. The summed E-state index contributed by atoms with van der Waals surface area (Å²) in [6.07, 6.45) is 0. The van der Waals surface area contributed by atoms with Gasteiger partial charge in [0, 0.05) is 5.66 Å². The van der Waals surface area contributed by atoms with Gasteiger partial charge in [0.15, 0.2) is 0 Å². The van der Waals surface area contributed by atoms with E-state index in [1.165, 1.54) is 0 Å². The molecule has 2 heteroatoms. The molecule has 0 N–H and O–H groups in total. The first kappa shape index (κ1) is 5.23. The molecule has 0 saturated heterocycles. The molecule has 0 amide bonds. The maximum Gasteiger partial charge on any atom is 0.0669 e. The van der Waals surface area contributed by atoms with Crippen molar-refractivity contribution in [2.75, 3.05) is 0 Å². The number of hydrogen-bond donors (Lipinski definition) is 0. The Labute approximate surface area is 33.6 Å². The van der Waals surface area contributed by atoms with Crippen LogP contribution in [0.25, 0.3) is 0 Å². The van der Waals surface area contributed by atoms with E-state index in [0.717, 1.165) is 0 Å². The Morgan fingerprint density at radius 2 is 1.80 bits per heavy atom. The molecule has 0 heterocycles. The predicted molar refractivity (Wildman–Crippen MR) is 25.5 cm³/mol. The van der Waals surface area contributed by atoms with Crippen LogP contribution in [0.3, 0.4) is 0 Å². The van der Waals surface area contributed by atoms with Gasteiger partial charge in [-0.2, -0.15) is 0 Å². The van der Waals surface area contributed by atoms with Gasteiger partial charge in [-0.05, 0) is 0 Å². The Hall–Kier alpha value is 0.230. The van der Waals surface area contributed by atoms with E-state index in [-0.39, 0.29) is 0 Å². The Balaban J connectivity index is 2.83. The Bertz CT molecular complexity index is 33.9. The molecule has 0 aliphatic carbocycles. The first-order valence-corrected chi connectivity index (χ1v) is 2.86. The first-order valence-electron chi connectivity index (χ1n) is 1.72. The molecular weight excluding hydrogens is 83.0 g/mol. The van der Waals surface area contributed by atoms with Crippen molar-refractivity contribution in [1.29, 1.82) is 0 Å². The second-order valence-corrected chi connectivity index (χ2v) is 2.99. The molecule has 0 radical (unpaired) electrons. The first-order chi connectivity index (χ1) is 2.27. The third kappa shape index (κ3) is 4.23. The number of hydrogen-bond acceptors (Lipinski definition) is 1. The summed E-state index contributed by atoms with van der Waals surface area (Å²) in [7, 11) is -0.519. The van der Waals surface area contributed by atoms with Crippen molar-refractivity contribution >= 4 is 8.46 Å². The molecule has 5 heavy (non-hydrogen) atoms. The Morgan fingerprint density at radius 1 is 1.60 bits per heavy atom. The van der Waals surface area contributed by atoms with Gasteiger partial charge in [-0.1, -0.05) is 13.8 Å². The topological polar surface area (TPSA) is 17.1 Å². The largest absolute Gasteiger partial charge is 0.330 e. The van der Waals surface area contributed by atoms with Crippen molar-refractivity contribution in [2.45, 2.75) is 19.5 Å². The average Bonchev–Trinajstić information content (AvgIpc) is 1.38. The maximum atomic E-state index is 9.71. The van der Waals surface area contributed by atoms with Gasteiger partial charge in [0.25, 0.3) is 0 Å². The minimum atomic E-state index is -0.519. The van der Waals surface area contributed by atoms with E-state index in [4.69, 9.17) is 0 Å². The van der Waals surface area contributed by atoms with E-state index in [1.54, 1.807) is 0 Å². The highest BCUT2D eigenvalue weighted by Gasteiger charge is 1.78. The van der Waals surface area contributed by atoms with Crippen LogP contribution >= 0.6 is 8.46 Å². The standard InChI is InChI=1S/C3H9OP/c1-3(2)5-4/h3H,5H2,1-2H3. The van der Waals surface area contributed by atoms with Crippen molar-refractivity contribution in [2.24, 2.45) is 0 Å². The lowest BCUT2D eigenvalue weighted by Crippen LogP contribution is -1.72. The summed E-state index contributed by atoms with van der Waals surface area (Å²) in [6.45, 7) is 3.89. The summed E-state index contributed by atoms with van der Waals surface area (Å²) in [5, 5.41) is 0. The third-order valence-corrected chi connectivity index (χ3v) is 0.816. The molecule has 0 aliphatic rings. The highest BCUT2D eigenvalue weighted by molar-refractivity contribution is 7.24.